The highest BCUT2D eigenvalue weighted by Crippen LogP contribution is 2.09. The minimum Gasteiger partial charge on any atom is -0.478 e. The van der Waals surface area contributed by atoms with Crippen LogP contribution < -0.4 is 0 Å². The molecule has 2 aromatic rings. The Bertz CT molecular complexity index is 670. The van der Waals surface area contributed by atoms with Crippen LogP contribution in [0.2, 0.25) is 0 Å². The molecule has 0 aliphatic rings. The predicted octanol–water partition coefficient (Wildman–Crippen LogP) is 4.38. The molecule has 0 bridgehead atoms. The molecule has 2 aromatic carbocycles. The number of unbranched alkanes of at least 4 members (excludes halogenated alkanes) is 1. The Hall–Kier alpha value is -2.68. The Balaban J connectivity index is 1.72. The molecule has 0 fully saturated rings. The number of carbonyl (C=O) groups is 2. The summed E-state index contributed by atoms with van der Waals surface area (Å²) >= 11 is 0. The average molecular weight is 308 g/mol. The zero-order chi connectivity index (χ0) is 16.5. The van der Waals surface area contributed by atoms with Gasteiger partial charge in [-0.25, -0.2) is 4.79 Å². The number of aromatic carboxylic acids is 1. The summed E-state index contributed by atoms with van der Waals surface area (Å²) in [6.45, 7) is 0. The third-order valence-corrected chi connectivity index (χ3v) is 3.60. The van der Waals surface area contributed by atoms with Crippen molar-refractivity contribution in [1.82, 2.24) is 0 Å². The van der Waals surface area contributed by atoms with Gasteiger partial charge in [-0.15, -0.1) is 0 Å². The fourth-order valence-corrected chi connectivity index (χ4v) is 2.28. The van der Waals surface area contributed by atoms with Gasteiger partial charge in [-0.05, 0) is 48.6 Å². The molecule has 0 atom stereocenters. The molecule has 1 N–H and O–H groups in total. The summed E-state index contributed by atoms with van der Waals surface area (Å²) in [6.07, 6.45) is 6.70. The van der Waals surface area contributed by atoms with Crippen LogP contribution in [-0.2, 0) is 11.2 Å². The maximum Gasteiger partial charge on any atom is 0.335 e. The van der Waals surface area contributed by atoms with E-state index in [9.17, 15) is 9.59 Å². The third kappa shape index (κ3) is 5.91. The summed E-state index contributed by atoms with van der Waals surface area (Å²) in [5, 5.41) is 8.82. The van der Waals surface area contributed by atoms with E-state index in [4.69, 9.17) is 5.11 Å². The number of carboxylic acids is 1. The van der Waals surface area contributed by atoms with Gasteiger partial charge in [-0.3, -0.25) is 4.79 Å². The lowest BCUT2D eigenvalue weighted by Gasteiger charge is -2.00. The van der Waals surface area contributed by atoms with E-state index in [1.807, 2.05) is 18.2 Å². The average Bonchev–Trinajstić information content (AvgIpc) is 2.58. The van der Waals surface area contributed by atoms with Gasteiger partial charge in [0.15, 0.2) is 5.78 Å². The molecule has 0 aliphatic carbocycles. The quantitative estimate of drug-likeness (QED) is 0.581. The first-order valence-electron chi connectivity index (χ1n) is 7.73. The molecule has 0 aromatic heterocycles. The number of hydrogen-bond donors (Lipinski definition) is 1. The lowest BCUT2D eigenvalue weighted by molar-refractivity contribution is -0.114. The zero-order valence-electron chi connectivity index (χ0n) is 12.9. The summed E-state index contributed by atoms with van der Waals surface area (Å²) in [5.41, 5.74) is 2.37. The normalized spacial score (nSPS) is 10.8. The largest absolute Gasteiger partial charge is 0.478 e. The molecule has 0 saturated carbocycles. The van der Waals surface area contributed by atoms with Gasteiger partial charge in [0.1, 0.15) is 0 Å². The second-order valence-electron chi connectivity index (χ2n) is 5.42. The van der Waals surface area contributed by atoms with Crippen molar-refractivity contribution in [2.24, 2.45) is 0 Å². The lowest BCUT2D eigenvalue weighted by Crippen LogP contribution is -1.95. The number of aryl methyl sites for hydroxylation is 1. The number of hydrogen-bond acceptors (Lipinski definition) is 2. The van der Waals surface area contributed by atoms with E-state index in [0.29, 0.717) is 6.42 Å². The molecular weight excluding hydrogens is 288 g/mol. The predicted molar refractivity (Wildman–Crippen MR) is 91.4 cm³/mol. The molecule has 23 heavy (non-hydrogen) atoms. The van der Waals surface area contributed by atoms with Gasteiger partial charge in [-0.2, -0.15) is 0 Å². The van der Waals surface area contributed by atoms with Gasteiger partial charge in [0.2, 0.25) is 0 Å². The molecular formula is C20H20O3. The Morgan fingerprint density at radius 2 is 1.61 bits per heavy atom. The van der Waals surface area contributed by atoms with Crippen LogP contribution in [0.1, 0.15) is 40.7 Å². The molecule has 0 unspecified atom stereocenters. The summed E-state index contributed by atoms with van der Waals surface area (Å²) in [6, 6.07) is 16.7. The van der Waals surface area contributed by atoms with Crippen molar-refractivity contribution in [3.63, 3.8) is 0 Å². The van der Waals surface area contributed by atoms with E-state index >= 15 is 0 Å². The monoisotopic (exact) mass is 308 g/mol. The molecule has 3 heteroatoms. The SMILES string of the molecule is O=C(C=Cc1ccc(C(=O)O)cc1)CCCCc1ccccc1. The third-order valence-electron chi connectivity index (χ3n) is 3.60. The van der Waals surface area contributed by atoms with Crippen molar-refractivity contribution >= 4 is 17.8 Å². The molecule has 0 heterocycles. The van der Waals surface area contributed by atoms with Crippen molar-refractivity contribution in [2.75, 3.05) is 0 Å². The van der Waals surface area contributed by atoms with Gasteiger partial charge in [0.25, 0.3) is 0 Å². The maximum atomic E-state index is 11.8. The van der Waals surface area contributed by atoms with Crippen molar-refractivity contribution < 1.29 is 14.7 Å². The standard InChI is InChI=1S/C20H20O3/c21-19(9-5-4-8-16-6-2-1-3-7-16)15-12-17-10-13-18(14-11-17)20(22)23/h1-3,6-7,10-15H,4-5,8-9H2,(H,22,23). The lowest BCUT2D eigenvalue weighted by atomic mass is 10.1. The molecule has 118 valence electrons. The summed E-state index contributed by atoms with van der Waals surface area (Å²) in [4.78, 5) is 22.6. The first-order valence-corrected chi connectivity index (χ1v) is 7.73. The highest BCUT2D eigenvalue weighted by Gasteiger charge is 2.01. The molecule has 0 spiro atoms. The zero-order valence-corrected chi connectivity index (χ0v) is 12.9. The van der Waals surface area contributed by atoms with Crippen molar-refractivity contribution in [2.45, 2.75) is 25.7 Å². The highest BCUT2D eigenvalue weighted by atomic mass is 16.4. The Morgan fingerprint density at radius 3 is 2.26 bits per heavy atom. The Kier molecular flexibility index (Phi) is 6.30. The van der Waals surface area contributed by atoms with Crippen LogP contribution in [0.4, 0.5) is 0 Å². The maximum absolute atomic E-state index is 11.8. The van der Waals surface area contributed by atoms with E-state index < -0.39 is 5.97 Å². The highest BCUT2D eigenvalue weighted by molar-refractivity contribution is 5.93. The van der Waals surface area contributed by atoms with E-state index in [1.54, 1.807) is 24.3 Å². The van der Waals surface area contributed by atoms with Gasteiger partial charge < -0.3 is 5.11 Å². The van der Waals surface area contributed by atoms with Gasteiger partial charge in [0.05, 0.1) is 5.56 Å². The van der Waals surface area contributed by atoms with Crippen molar-refractivity contribution in [3.8, 4) is 0 Å². The minimum absolute atomic E-state index is 0.0976. The van der Waals surface area contributed by atoms with E-state index in [2.05, 4.69) is 12.1 Å². The second kappa shape index (κ2) is 8.69. The van der Waals surface area contributed by atoms with Crippen LogP contribution in [0.15, 0.2) is 60.7 Å². The van der Waals surface area contributed by atoms with Crippen LogP contribution >= 0.6 is 0 Å². The van der Waals surface area contributed by atoms with Gasteiger partial charge in [0, 0.05) is 6.42 Å². The van der Waals surface area contributed by atoms with E-state index in [-0.39, 0.29) is 11.3 Å². The van der Waals surface area contributed by atoms with E-state index in [0.717, 1.165) is 24.8 Å². The number of benzene rings is 2. The summed E-state index contributed by atoms with van der Waals surface area (Å²) < 4.78 is 0. The van der Waals surface area contributed by atoms with E-state index in [1.165, 1.54) is 17.7 Å². The minimum atomic E-state index is -0.949. The molecule has 0 aliphatic heterocycles. The number of allylic oxidation sites excluding steroid dienone is 1. The van der Waals surface area contributed by atoms with Gasteiger partial charge >= 0.3 is 5.97 Å². The molecule has 0 radical (unpaired) electrons. The number of ketones is 1. The van der Waals surface area contributed by atoms with Crippen molar-refractivity contribution in [1.29, 1.82) is 0 Å². The van der Waals surface area contributed by atoms with Crippen LogP contribution in [-0.4, -0.2) is 16.9 Å². The topological polar surface area (TPSA) is 54.4 Å². The van der Waals surface area contributed by atoms with Crippen LogP contribution in [0.25, 0.3) is 6.08 Å². The fourth-order valence-electron chi connectivity index (χ4n) is 2.28. The number of rotatable bonds is 8. The smallest absolute Gasteiger partial charge is 0.335 e. The van der Waals surface area contributed by atoms with Crippen LogP contribution in [0, 0.1) is 0 Å². The number of carbonyl (C=O) groups excluding carboxylic acids is 1. The first-order chi connectivity index (χ1) is 11.1. The molecule has 2 rings (SSSR count). The Morgan fingerprint density at radius 1 is 0.913 bits per heavy atom. The molecule has 0 saturated heterocycles. The fraction of sp³-hybridized carbons (Fsp3) is 0.200. The second-order valence-corrected chi connectivity index (χ2v) is 5.42. The molecule has 3 nitrogen and oxygen atoms in total. The Labute approximate surface area is 136 Å². The first kappa shape index (κ1) is 16.7. The van der Waals surface area contributed by atoms with Gasteiger partial charge in [-0.1, -0.05) is 48.5 Å². The molecule has 0 amide bonds. The summed E-state index contributed by atoms with van der Waals surface area (Å²) in [7, 11) is 0. The van der Waals surface area contributed by atoms with Crippen LogP contribution in [0.5, 0.6) is 0 Å². The number of carboxylic acid groups (broad SMARTS) is 1. The summed E-state index contributed by atoms with van der Waals surface area (Å²) in [5.74, 6) is -0.851. The van der Waals surface area contributed by atoms with Crippen LogP contribution in [0.3, 0.4) is 0 Å². The van der Waals surface area contributed by atoms with Crippen molar-refractivity contribution in [3.05, 3.63) is 77.4 Å².